The van der Waals surface area contributed by atoms with E-state index in [2.05, 4.69) is 0 Å². The van der Waals surface area contributed by atoms with Crippen LogP contribution in [-0.4, -0.2) is 74.4 Å². The van der Waals surface area contributed by atoms with E-state index in [4.69, 9.17) is 9.47 Å². The number of hydrogen-bond acceptors (Lipinski definition) is 9. The molecule has 9 heteroatoms. The molecule has 5 N–H and O–H groups in total. The first-order valence-corrected chi connectivity index (χ1v) is 11.9. The molecule has 5 atom stereocenters. The summed E-state index contributed by atoms with van der Waals surface area (Å²) in [5.74, 6) is -1.80. The molecule has 3 aromatic carbocycles. The third-order valence-corrected chi connectivity index (χ3v) is 6.83. The molecule has 0 amide bonds. The predicted molar refractivity (Wildman–Crippen MR) is 130 cm³/mol. The fourth-order valence-electron chi connectivity index (χ4n) is 4.83. The van der Waals surface area contributed by atoms with Gasteiger partial charge in [0.05, 0.1) is 12.2 Å². The van der Waals surface area contributed by atoms with Gasteiger partial charge in [0, 0.05) is 16.7 Å². The Hall–Kier alpha value is -3.60. The first-order valence-electron chi connectivity index (χ1n) is 11.9. The smallest absolute Gasteiger partial charge is 0.229 e. The molecule has 1 saturated heterocycles. The fourth-order valence-corrected chi connectivity index (χ4v) is 4.83. The van der Waals surface area contributed by atoms with Gasteiger partial charge in [0.25, 0.3) is 0 Å². The lowest BCUT2D eigenvalue weighted by Crippen LogP contribution is -2.60. The molecule has 0 bridgehead atoms. The van der Waals surface area contributed by atoms with Gasteiger partial charge in [-0.25, -0.2) is 0 Å². The lowest BCUT2D eigenvalue weighted by molar-refractivity contribution is -0.277. The van der Waals surface area contributed by atoms with Crippen molar-refractivity contribution >= 4 is 11.6 Å². The van der Waals surface area contributed by atoms with E-state index in [1.807, 2.05) is 30.3 Å². The molecule has 1 fully saturated rings. The van der Waals surface area contributed by atoms with E-state index in [-0.39, 0.29) is 28.0 Å². The molecule has 1 heterocycles. The Morgan fingerprint density at radius 3 is 2.05 bits per heavy atom. The lowest BCUT2D eigenvalue weighted by Gasteiger charge is -2.39. The highest BCUT2D eigenvalue weighted by Gasteiger charge is 2.45. The molecular weight excluding hydrogens is 480 g/mol. The molecule has 2 aliphatic rings. The molecule has 5 rings (SSSR count). The van der Waals surface area contributed by atoms with Crippen molar-refractivity contribution in [2.75, 3.05) is 6.61 Å². The molecular formula is C28H26O9. The maximum absolute atomic E-state index is 13.5. The molecule has 3 aromatic rings. The summed E-state index contributed by atoms with van der Waals surface area (Å²) in [6, 6.07) is 17.3. The van der Waals surface area contributed by atoms with Crippen LogP contribution in [0.4, 0.5) is 0 Å². The Balaban J connectivity index is 1.58. The third kappa shape index (κ3) is 4.41. The second kappa shape index (κ2) is 10.0. The summed E-state index contributed by atoms with van der Waals surface area (Å²) < 4.78 is 11.1. The average Bonchev–Trinajstić information content (AvgIpc) is 2.92. The number of phenols is 1. The summed E-state index contributed by atoms with van der Waals surface area (Å²) in [5.41, 5.74) is 1.70. The van der Waals surface area contributed by atoms with Crippen molar-refractivity contribution in [3.63, 3.8) is 0 Å². The first-order chi connectivity index (χ1) is 17.8. The number of carbonyl (C=O) groups excluding carboxylic acids is 2. The standard InChI is InChI=1S/C28H26O9/c29-13-19-25(33)26(34)27(35)28(37-19)36-18-12-15(11-10-14-6-2-1-3-7-14)20-21(24(18)32)23(31)17-9-5-4-8-16(17)22(20)30/h1-9,12,19,25-29,32-35H,10-11,13H2/t19-,25-,26+,27-,28-/m0/s1. The normalized spacial score (nSPS) is 24.9. The quantitative estimate of drug-likeness (QED) is 0.259. The van der Waals surface area contributed by atoms with Gasteiger partial charge in [0.1, 0.15) is 24.4 Å². The van der Waals surface area contributed by atoms with Gasteiger partial charge >= 0.3 is 0 Å². The van der Waals surface area contributed by atoms with Crippen LogP contribution in [0, 0.1) is 0 Å². The van der Waals surface area contributed by atoms with Crippen molar-refractivity contribution in [3.05, 3.63) is 94.0 Å². The summed E-state index contributed by atoms with van der Waals surface area (Å²) in [6.45, 7) is -0.660. The molecule has 1 aliphatic carbocycles. The monoisotopic (exact) mass is 506 g/mol. The highest BCUT2D eigenvalue weighted by Crippen LogP contribution is 2.42. The Morgan fingerprint density at radius 1 is 0.784 bits per heavy atom. The Kier molecular flexibility index (Phi) is 6.80. The lowest BCUT2D eigenvalue weighted by atomic mass is 9.80. The van der Waals surface area contributed by atoms with Gasteiger partial charge in [0.2, 0.25) is 6.29 Å². The largest absolute Gasteiger partial charge is 0.504 e. The molecule has 0 radical (unpaired) electrons. The van der Waals surface area contributed by atoms with Crippen molar-refractivity contribution in [3.8, 4) is 11.5 Å². The van der Waals surface area contributed by atoms with E-state index < -0.39 is 54.6 Å². The van der Waals surface area contributed by atoms with Crippen molar-refractivity contribution in [2.24, 2.45) is 0 Å². The fraction of sp³-hybridized carbons (Fsp3) is 0.286. The summed E-state index contributed by atoms with van der Waals surface area (Å²) in [6.07, 6.45) is -6.95. The summed E-state index contributed by atoms with van der Waals surface area (Å²) in [5, 5.41) is 51.2. The van der Waals surface area contributed by atoms with Gasteiger partial charge in [-0.2, -0.15) is 0 Å². The number of aryl methyl sites for hydroxylation is 2. The molecule has 0 spiro atoms. The molecule has 0 saturated carbocycles. The number of aliphatic hydroxyl groups is 4. The minimum atomic E-state index is -1.72. The van der Waals surface area contributed by atoms with Crippen LogP contribution in [0.15, 0.2) is 60.7 Å². The molecule has 1 aliphatic heterocycles. The van der Waals surface area contributed by atoms with E-state index in [0.29, 0.717) is 18.4 Å². The Bertz CT molecular complexity index is 1330. The van der Waals surface area contributed by atoms with Crippen LogP contribution in [0.5, 0.6) is 11.5 Å². The van der Waals surface area contributed by atoms with Crippen LogP contribution < -0.4 is 4.74 Å². The van der Waals surface area contributed by atoms with Gasteiger partial charge in [-0.05, 0) is 30.0 Å². The number of carbonyl (C=O) groups is 2. The van der Waals surface area contributed by atoms with Crippen LogP contribution >= 0.6 is 0 Å². The number of ether oxygens (including phenoxy) is 2. The maximum atomic E-state index is 13.5. The maximum Gasteiger partial charge on any atom is 0.229 e. The predicted octanol–water partition coefficient (Wildman–Crippen LogP) is 1.13. The second-order valence-electron chi connectivity index (χ2n) is 9.14. The van der Waals surface area contributed by atoms with Crippen LogP contribution in [0.1, 0.15) is 43.0 Å². The molecule has 0 unspecified atom stereocenters. The highest BCUT2D eigenvalue weighted by atomic mass is 16.7. The van der Waals surface area contributed by atoms with Crippen LogP contribution in [-0.2, 0) is 17.6 Å². The Morgan fingerprint density at radius 2 is 1.41 bits per heavy atom. The van der Waals surface area contributed by atoms with Crippen molar-refractivity contribution < 1.29 is 44.6 Å². The highest BCUT2D eigenvalue weighted by molar-refractivity contribution is 6.30. The van der Waals surface area contributed by atoms with Crippen molar-refractivity contribution in [2.45, 2.75) is 43.5 Å². The SMILES string of the molecule is O=C1c2ccccc2C(=O)c2c(O)c(O[C@H]3O[C@@H](CO)[C@H](O)[C@@H](O)[C@@H]3O)cc(CCc3ccccc3)c21. The van der Waals surface area contributed by atoms with Crippen LogP contribution in [0.2, 0.25) is 0 Å². The molecule has 9 nitrogen and oxygen atoms in total. The zero-order chi connectivity index (χ0) is 26.3. The molecule has 37 heavy (non-hydrogen) atoms. The summed E-state index contributed by atoms with van der Waals surface area (Å²) in [7, 11) is 0. The molecule has 192 valence electrons. The third-order valence-electron chi connectivity index (χ3n) is 6.83. The minimum absolute atomic E-state index is 0.0817. The number of rotatable bonds is 6. The summed E-state index contributed by atoms with van der Waals surface area (Å²) in [4.78, 5) is 26.9. The number of aromatic hydroxyl groups is 1. The van der Waals surface area contributed by atoms with Crippen LogP contribution in [0.3, 0.4) is 0 Å². The number of benzene rings is 3. The van der Waals surface area contributed by atoms with Gasteiger partial charge in [0.15, 0.2) is 23.1 Å². The second-order valence-corrected chi connectivity index (χ2v) is 9.14. The van der Waals surface area contributed by atoms with Gasteiger partial charge < -0.3 is 35.0 Å². The number of aliphatic hydroxyl groups excluding tert-OH is 4. The molecule has 0 aromatic heterocycles. The zero-order valence-electron chi connectivity index (χ0n) is 19.7. The van der Waals surface area contributed by atoms with E-state index in [0.717, 1.165) is 5.56 Å². The van der Waals surface area contributed by atoms with Gasteiger partial charge in [-0.3, -0.25) is 9.59 Å². The average molecular weight is 507 g/mol. The van der Waals surface area contributed by atoms with Crippen molar-refractivity contribution in [1.82, 2.24) is 0 Å². The van der Waals surface area contributed by atoms with E-state index in [1.54, 1.807) is 18.2 Å². The van der Waals surface area contributed by atoms with Gasteiger partial charge in [-0.15, -0.1) is 0 Å². The van der Waals surface area contributed by atoms with Gasteiger partial charge in [-0.1, -0.05) is 54.6 Å². The number of hydrogen-bond donors (Lipinski definition) is 5. The topological polar surface area (TPSA) is 154 Å². The van der Waals surface area contributed by atoms with Crippen LogP contribution in [0.25, 0.3) is 0 Å². The van der Waals surface area contributed by atoms with E-state index >= 15 is 0 Å². The van der Waals surface area contributed by atoms with E-state index in [9.17, 15) is 35.1 Å². The zero-order valence-corrected chi connectivity index (χ0v) is 19.7. The minimum Gasteiger partial charge on any atom is -0.504 e. The number of ketones is 2. The first kappa shape index (κ1) is 25.1. The number of fused-ring (bicyclic) bond motifs is 2. The Labute approximate surface area is 212 Å². The van der Waals surface area contributed by atoms with Crippen molar-refractivity contribution in [1.29, 1.82) is 0 Å². The summed E-state index contributed by atoms with van der Waals surface area (Å²) >= 11 is 0. The van der Waals surface area contributed by atoms with E-state index in [1.165, 1.54) is 12.1 Å². The number of phenolic OH excluding ortho intramolecular Hbond substituents is 1.